The molecule has 0 aromatic carbocycles. The normalized spacial score (nSPS) is 52.1. The lowest BCUT2D eigenvalue weighted by Gasteiger charge is -2.40. The van der Waals surface area contributed by atoms with Gasteiger partial charge in [-0.1, -0.05) is 0 Å². The quantitative estimate of drug-likeness (QED) is 0.360. The Morgan fingerprint density at radius 1 is 0.895 bits per heavy atom. The zero-order valence-electron chi connectivity index (χ0n) is 9.87. The molecule has 2 heterocycles. The van der Waals surface area contributed by atoms with Gasteiger partial charge in [-0.2, -0.15) is 0 Å². The Bertz CT molecular complexity index is 277. The van der Waals surface area contributed by atoms with E-state index in [0.717, 1.165) is 0 Å². The third kappa shape index (κ3) is 3.03. The van der Waals surface area contributed by atoms with Crippen LogP contribution in [0.3, 0.4) is 0 Å². The number of aliphatic hydroxyl groups excluding tert-OH is 5. The standard InChI is InChI=1S/C10H17FO8/c11-5-7(14)4(2-17-9(5)16)19-10-8(15)6(13)3(12)1-18-10/h3-10,12-16H,1-2H2/t3-,4-,5-,6+,7+,8-,9+,10+/m1/s1. The minimum absolute atomic E-state index is 0.270. The zero-order chi connectivity index (χ0) is 14.2. The molecule has 8 nitrogen and oxygen atoms in total. The first-order chi connectivity index (χ1) is 8.91. The lowest BCUT2D eigenvalue weighted by atomic mass is 10.0. The highest BCUT2D eigenvalue weighted by atomic mass is 19.1. The summed E-state index contributed by atoms with van der Waals surface area (Å²) < 4.78 is 28.0. The second kappa shape index (κ2) is 5.94. The Morgan fingerprint density at radius 2 is 1.58 bits per heavy atom. The van der Waals surface area contributed by atoms with E-state index < -0.39 is 49.3 Å². The van der Waals surface area contributed by atoms with Gasteiger partial charge in [-0.15, -0.1) is 0 Å². The Balaban J connectivity index is 1.94. The fourth-order valence-electron chi connectivity index (χ4n) is 1.95. The molecule has 0 radical (unpaired) electrons. The average Bonchev–Trinajstić information content (AvgIpc) is 2.39. The topological polar surface area (TPSA) is 129 Å². The van der Waals surface area contributed by atoms with E-state index in [1.54, 1.807) is 0 Å². The molecule has 8 atom stereocenters. The number of hydrogen-bond donors (Lipinski definition) is 5. The fourth-order valence-corrected chi connectivity index (χ4v) is 1.95. The van der Waals surface area contributed by atoms with Crippen molar-refractivity contribution in [2.45, 2.75) is 49.3 Å². The molecule has 0 unspecified atom stereocenters. The number of hydrogen-bond acceptors (Lipinski definition) is 8. The van der Waals surface area contributed by atoms with Crippen LogP contribution >= 0.6 is 0 Å². The SMILES string of the molecule is O[C@@H]1[C@@H](O)[C@H](O[C@@H]2CO[C@H](O)[C@H](F)[C@H]2O)OC[C@H]1O. The molecule has 0 bridgehead atoms. The van der Waals surface area contributed by atoms with Gasteiger partial charge in [0.25, 0.3) is 0 Å². The number of ether oxygens (including phenoxy) is 3. The zero-order valence-corrected chi connectivity index (χ0v) is 9.87. The predicted molar refractivity (Wildman–Crippen MR) is 55.5 cm³/mol. The van der Waals surface area contributed by atoms with Crippen molar-refractivity contribution in [1.29, 1.82) is 0 Å². The van der Waals surface area contributed by atoms with Gasteiger partial charge in [0.15, 0.2) is 18.8 Å². The molecule has 0 aliphatic carbocycles. The smallest absolute Gasteiger partial charge is 0.189 e. The van der Waals surface area contributed by atoms with Gasteiger partial charge in [0.1, 0.15) is 30.5 Å². The molecule has 0 saturated carbocycles. The molecule has 9 heteroatoms. The lowest BCUT2D eigenvalue weighted by molar-refractivity contribution is -0.318. The molecule has 2 saturated heterocycles. The van der Waals surface area contributed by atoms with Gasteiger partial charge in [-0.25, -0.2) is 4.39 Å². The van der Waals surface area contributed by atoms with E-state index in [1.807, 2.05) is 0 Å². The maximum absolute atomic E-state index is 13.3. The Kier molecular flexibility index (Phi) is 4.69. The summed E-state index contributed by atoms with van der Waals surface area (Å²) in [5.74, 6) is 0. The van der Waals surface area contributed by atoms with E-state index in [1.165, 1.54) is 0 Å². The van der Waals surface area contributed by atoms with Crippen LogP contribution in [0.15, 0.2) is 0 Å². The third-order valence-electron chi connectivity index (χ3n) is 3.17. The molecule has 2 aliphatic heterocycles. The van der Waals surface area contributed by atoms with Gasteiger partial charge in [0.05, 0.1) is 13.2 Å². The fraction of sp³-hybridized carbons (Fsp3) is 1.00. The summed E-state index contributed by atoms with van der Waals surface area (Å²) in [4.78, 5) is 0. The Morgan fingerprint density at radius 3 is 2.26 bits per heavy atom. The van der Waals surface area contributed by atoms with Crippen LogP contribution in [-0.4, -0.2) is 88.0 Å². The summed E-state index contributed by atoms with van der Waals surface area (Å²) in [6.07, 6.45) is -12.2. The van der Waals surface area contributed by atoms with Crippen molar-refractivity contribution in [1.82, 2.24) is 0 Å². The van der Waals surface area contributed by atoms with E-state index in [0.29, 0.717) is 0 Å². The first kappa shape index (κ1) is 15.0. The van der Waals surface area contributed by atoms with Crippen LogP contribution in [0.2, 0.25) is 0 Å². The van der Waals surface area contributed by atoms with Crippen molar-refractivity contribution in [3.8, 4) is 0 Å². The van der Waals surface area contributed by atoms with Crippen molar-refractivity contribution in [2.24, 2.45) is 0 Å². The largest absolute Gasteiger partial charge is 0.388 e. The highest BCUT2D eigenvalue weighted by molar-refractivity contribution is 4.87. The Hall–Kier alpha value is -0.390. The van der Waals surface area contributed by atoms with Gasteiger partial charge in [-0.3, -0.25) is 0 Å². The molecule has 19 heavy (non-hydrogen) atoms. The molecule has 0 aromatic rings. The van der Waals surface area contributed by atoms with Crippen molar-refractivity contribution in [3.63, 3.8) is 0 Å². The van der Waals surface area contributed by atoms with E-state index in [9.17, 15) is 24.8 Å². The van der Waals surface area contributed by atoms with Gasteiger partial charge in [0.2, 0.25) is 0 Å². The highest BCUT2D eigenvalue weighted by Gasteiger charge is 2.44. The summed E-state index contributed by atoms with van der Waals surface area (Å²) in [7, 11) is 0. The van der Waals surface area contributed by atoms with Gasteiger partial charge in [0, 0.05) is 0 Å². The van der Waals surface area contributed by atoms with Crippen molar-refractivity contribution < 1.29 is 44.1 Å². The lowest BCUT2D eigenvalue weighted by Crippen LogP contribution is -2.58. The van der Waals surface area contributed by atoms with E-state index in [-0.39, 0.29) is 13.2 Å². The minimum Gasteiger partial charge on any atom is -0.388 e. The van der Waals surface area contributed by atoms with Crippen molar-refractivity contribution in [3.05, 3.63) is 0 Å². The van der Waals surface area contributed by atoms with Gasteiger partial charge in [-0.05, 0) is 0 Å². The van der Waals surface area contributed by atoms with Gasteiger partial charge >= 0.3 is 0 Å². The summed E-state index contributed by atoms with van der Waals surface area (Å²) in [6.45, 7) is -0.567. The van der Waals surface area contributed by atoms with Crippen LogP contribution < -0.4 is 0 Å². The van der Waals surface area contributed by atoms with E-state index >= 15 is 0 Å². The van der Waals surface area contributed by atoms with Crippen LogP contribution in [-0.2, 0) is 14.2 Å². The molecule has 0 amide bonds. The number of rotatable bonds is 2. The summed E-state index contributed by atoms with van der Waals surface area (Å²) >= 11 is 0. The third-order valence-corrected chi connectivity index (χ3v) is 3.17. The second-order valence-corrected chi connectivity index (χ2v) is 4.58. The molecule has 2 aliphatic rings. The highest BCUT2D eigenvalue weighted by Crippen LogP contribution is 2.24. The molecule has 2 fully saturated rings. The van der Waals surface area contributed by atoms with Crippen molar-refractivity contribution >= 4 is 0 Å². The number of halogens is 1. The molecule has 5 N–H and O–H groups in total. The monoisotopic (exact) mass is 284 g/mol. The van der Waals surface area contributed by atoms with Crippen LogP contribution in [0.1, 0.15) is 0 Å². The number of aliphatic hydroxyl groups is 5. The summed E-state index contributed by atoms with van der Waals surface area (Å²) in [5, 5.41) is 46.9. The number of alkyl halides is 1. The van der Waals surface area contributed by atoms with Crippen LogP contribution in [0, 0.1) is 0 Å². The molecule has 2 rings (SSSR count). The molecular weight excluding hydrogens is 267 g/mol. The molecule has 112 valence electrons. The second-order valence-electron chi connectivity index (χ2n) is 4.58. The molecule has 0 spiro atoms. The first-order valence-corrected chi connectivity index (χ1v) is 5.85. The van der Waals surface area contributed by atoms with Gasteiger partial charge < -0.3 is 39.7 Å². The first-order valence-electron chi connectivity index (χ1n) is 5.85. The maximum atomic E-state index is 13.3. The Labute approximate surface area is 107 Å². The molecular formula is C10H17FO8. The summed E-state index contributed by atoms with van der Waals surface area (Å²) in [6, 6.07) is 0. The maximum Gasteiger partial charge on any atom is 0.189 e. The van der Waals surface area contributed by atoms with Crippen LogP contribution in [0.5, 0.6) is 0 Å². The minimum atomic E-state index is -2.05. The van der Waals surface area contributed by atoms with Crippen molar-refractivity contribution in [2.75, 3.05) is 13.2 Å². The average molecular weight is 284 g/mol. The van der Waals surface area contributed by atoms with Crippen LogP contribution in [0.4, 0.5) is 4.39 Å². The van der Waals surface area contributed by atoms with Crippen LogP contribution in [0.25, 0.3) is 0 Å². The van der Waals surface area contributed by atoms with E-state index in [4.69, 9.17) is 14.6 Å². The molecule has 0 aromatic heterocycles. The predicted octanol–water partition coefficient (Wildman–Crippen LogP) is -3.14. The summed E-state index contributed by atoms with van der Waals surface area (Å²) in [5.41, 5.74) is 0. The van der Waals surface area contributed by atoms with E-state index in [2.05, 4.69) is 4.74 Å².